The van der Waals surface area contributed by atoms with Crippen molar-refractivity contribution in [3.63, 3.8) is 0 Å². The van der Waals surface area contributed by atoms with Gasteiger partial charge in [-0.1, -0.05) is 20.8 Å². The fourth-order valence-corrected chi connectivity index (χ4v) is 6.71. The number of fused-ring (bicyclic) bond motifs is 5. The van der Waals surface area contributed by atoms with Crippen molar-refractivity contribution in [3.8, 4) is 0 Å². The van der Waals surface area contributed by atoms with Crippen molar-refractivity contribution in [1.29, 1.82) is 0 Å². The first-order valence-corrected chi connectivity index (χ1v) is 10.6. The smallest absolute Gasteiger partial charge is 0.303 e. The molecule has 0 aromatic rings. The van der Waals surface area contributed by atoms with Crippen molar-refractivity contribution in [2.24, 2.45) is 16.7 Å². The molecule has 32 heavy (non-hydrogen) atoms. The predicted octanol–water partition coefficient (Wildman–Crippen LogP) is 0.246. The molecule has 4 aliphatic rings. The molecule has 0 amide bonds. The molecule has 4 N–H and O–H groups in total. The summed E-state index contributed by atoms with van der Waals surface area (Å²) in [6, 6.07) is 0. The first-order chi connectivity index (χ1) is 13.7. The van der Waals surface area contributed by atoms with Crippen molar-refractivity contribution < 1.29 is 128 Å². The largest absolute Gasteiger partial charge is 0.459 e. The summed E-state index contributed by atoms with van der Waals surface area (Å²) < 4.78 is 11.2. The molecule has 2 saturated carbocycles. The second kappa shape index (κ2) is 9.46. The van der Waals surface area contributed by atoms with Crippen molar-refractivity contribution in [3.05, 3.63) is 11.1 Å². The second-order valence-electron chi connectivity index (χ2n) is 10.4. The second-order valence-corrected chi connectivity index (χ2v) is 10.4. The van der Waals surface area contributed by atoms with E-state index < -0.39 is 64.1 Å². The van der Waals surface area contributed by atoms with Crippen molar-refractivity contribution in [2.45, 2.75) is 89.5 Å². The van der Waals surface area contributed by atoms with E-state index in [1.54, 1.807) is 27.7 Å². The molecule has 3 aliphatic carbocycles. The van der Waals surface area contributed by atoms with Gasteiger partial charge in [0.25, 0.3) is 0 Å². The third kappa shape index (κ3) is 3.85. The molecule has 1 saturated heterocycles. The van der Waals surface area contributed by atoms with E-state index in [9.17, 15) is 30.0 Å². The van der Waals surface area contributed by atoms with Crippen LogP contribution in [0.3, 0.4) is 0 Å². The van der Waals surface area contributed by atoms with Crippen molar-refractivity contribution >= 4 is 11.8 Å². The van der Waals surface area contributed by atoms with E-state index in [1.807, 2.05) is 0 Å². The van der Waals surface area contributed by atoms with E-state index in [0.717, 1.165) is 0 Å². The Labute approximate surface area is 260 Å². The maximum Gasteiger partial charge on any atom is 0.303 e. The van der Waals surface area contributed by atoms with Crippen molar-refractivity contribution in [1.82, 2.24) is 0 Å². The number of ketones is 1. The molecule has 0 spiro atoms. The van der Waals surface area contributed by atoms with E-state index in [0.29, 0.717) is 18.4 Å². The van der Waals surface area contributed by atoms with Gasteiger partial charge in [0.2, 0.25) is 0 Å². The zero-order chi connectivity index (χ0) is 22.4. The van der Waals surface area contributed by atoms with Crippen LogP contribution in [0.25, 0.3) is 0 Å². The topological polar surface area (TPSA) is 134 Å². The molecule has 174 valence electrons. The van der Waals surface area contributed by atoms with Crippen LogP contribution in [0.2, 0.25) is 0 Å². The number of carbonyl (C=O) groups is 2. The average Bonchev–Trinajstić information content (AvgIpc) is 2.62. The Hall–Kier alpha value is 1.56. The minimum absolute atomic E-state index is 0. The molecule has 0 aromatic carbocycles. The molecular formula is C22H32Ac2O8. The number of ether oxygens (including phenoxy) is 2. The molecule has 0 aromatic heterocycles. The Morgan fingerprint density at radius 1 is 1.16 bits per heavy atom. The van der Waals surface area contributed by atoms with Gasteiger partial charge in [-0.2, -0.15) is 0 Å². The number of esters is 1. The third-order valence-electron chi connectivity index (χ3n) is 8.56. The van der Waals surface area contributed by atoms with Crippen LogP contribution in [0.4, 0.5) is 0 Å². The maximum atomic E-state index is 13.7. The van der Waals surface area contributed by atoms with Gasteiger partial charge in [-0.15, -0.1) is 0 Å². The van der Waals surface area contributed by atoms with Gasteiger partial charge in [0.15, 0.2) is 5.78 Å². The van der Waals surface area contributed by atoms with Gasteiger partial charge in [-0.3, -0.25) is 9.59 Å². The van der Waals surface area contributed by atoms with E-state index in [1.165, 1.54) is 6.92 Å². The monoisotopic (exact) mass is 878 g/mol. The normalized spacial score (nSPS) is 46.8. The number of rotatable bonds is 1. The Balaban J connectivity index is 0.00000181. The molecule has 8 atom stereocenters. The van der Waals surface area contributed by atoms with E-state index in [4.69, 9.17) is 9.47 Å². The molecule has 2 bridgehead atoms. The van der Waals surface area contributed by atoms with Gasteiger partial charge >= 0.3 is 5.97 Å². The summed E-state index contributed by atoms with van der Waals surface area (Å²) in [4.78, 5) is 25.9. The Morgan fingerprint density at radius 3 is 2.25 bits per heavy atom. The van der Waals surface area contributed by atoms with Gasteiger partial charge in [0.05, 0.1) is 18.8 Å². The number of aliphatic hydroxyl groups excluding tert-OH is 2. The zero-order valence-electron chi connectivity index (χ0n) is 19.3. The van der Waals surface area contributed by atoms with Gasteiger partial charge in [-0.25, -0.2) is 0 Å². The number of aliphatic hydroxyl groups is 4. The third-order valence-corrected chi connectivity index (χ3v) is 8.56. The van der Waals surface area contributed by atoms with Crippen LogP contribution in [0, 0.1) is 105 Å². The molecule has 3 fully saturated rings. The number of hydrogen-bond donors (Lipinski definition) is 4. The number of hydrogen-bond acceptors (Lipinski definition) is 8. The molecule has 2 radical (unpaired) electrons. The first kappa shape index (κ1) is 29.8. The van der Waals surface area contributed by atoms with Gasteiger partial charge in [-0.05, 0) is 30.9 Å². The maximum absolute atomic E-state index is 13.7. The van der Waals surface area contributed by atoms with Crippen LogP contribution in [-0.2, 0) is 19.1 Å². The van der Waals surface area contributed by atoms with Crippen LogP contribution < -0.4 is 0 Å². The Bertz CT molecular complexity index is 844. The van der Waals surface area contributed by atoms with Crippen LogP contribution >= 0.6 is 0 Å². The van der Waals surface area contributed by atoms with Crippen LogP contribution in [-0.4, -0.2) is 74.4 Å². The number of Topliss-reactive ketones (excluding diaryl/α,β-unsaturated/α-hetero) is 1. The van der Waals surface area contributed by atoms with E-state index in [-0.39, 0.29) is 107 Å². The van der Waals surface area contributed by atoms with Gasteiger partial charge in [0.1, 0.15) is 23.4 Å². The minimum Gasteiger partial charge on any atom is -0.459 e. The molecule has 4 rings (SSSR count). The Kier molecular flexibility index (Phi) is 8.81. The summed E-state index contributed by atoms with van der Waals surface area (Å²) in [5, 5.41) is 45.6. The first-order valence-electron chi connectivity index (χ1n) is 10.6. The Morgan fingerprint density at radius 2 is 1.75 bits per heavy atom. The standard InChI is InChI=1S/C22H32O8.2Ac/c1-10-12(24)8-22(28)18(30-11(2)23)16-20(5,7-6-13-21(16,27)9-29-13)17(26)15(25)14(10)19(22,3)4;;/h12-13,15-16,18,24-25,27-28H,6-9H2,1-5H3;;/t12-,13+,15+,16-,18-,20+,21-,22+;;/m0../s1. The van der Waals surface area contributed by atoms with E-state index in [2.05, 4.69) is 0 Å². The summed E-state index contributed by atoms with van der Waals surface area (Å²) in [6.45, 7) is 7.82. The molecule has 10 heteroatoms. The van der Waals surface area contributed by atoms with Gasteiger partial charge in [0, 0.05) is 118 Å². The molecule has 1 aliphatic heterocycles. The molecule has 8 nitrogen and oxygen atoms in total. The predicted molar refractivity (Wildman–Crippen MR) is 104 cm³/mol. The molecular weight excluding hydrogens is 846 g/mol. The van der Waals surface area contributed by atoms with Crippen molar-refractivity contribution in [2.75, 3.05) is 6.61 Å². The zero-order valence-corrected chi connectivity index (χ0v) is 28.8. The summed E-state index contributed by atoms with van der Waals surface area (Å²) >= 11 is 0. The van der Waals surface area contributed by atoms with Crippen LogP contribution in [0.1, 0.15) is 53.9 Å². The molecule has 0 unspecified atom stereocenters. The fourth-order valence-electron chi connectivity index (χ4n) is 6.71. The minimum atomic E-state index is -1.83. The van der Waals surface area contributed by atoms with Crippen LogP contribution in [0.5, 0.6) is 0 Å². The molecule has 1 heterocycles. The summed E-state index contributed by atoms with van der Waals surface area (Å²) in [5.74, 6) is -2.16. The van der Waals surface area contributed by atoms with Gasteiger partial charge < -0.3 is 29.9 Å². The van der Waals surface area contributed by atoms with E-state index >= 15 is 0 Å². The quantitative estimate of drug-likeness (QED) is 0.218. The number of carbonyl (C=O) groups excluding carboxylic acids is 2. The SMILES string of the molecule is CC(=O)O[C@H]1[C@@H]2[C@]3(O)CO[C@@H]3CC[C@@]2(C)C(=O)[C@H](O)C2=C(C)[C@@H](O)C[C@]1(O)C2(C)C.[Ac].[Ac]. The summed E-state index contributed by atoms with van der Waals surface area (Å²) in [6.07, 6.45) is -3.93. The summed E-state index contributed by atoms with van der Waals surface area (Å²) in [7, 11) is 0. The fraction of sp³-hybridized carbons (Fsp3) is 0.818. The average molecular weight is 878 g/mol. The summed E-state index contributed by atoms with van der Waals surface area (Å²) in [5.41, 5.74) is -5.09. The van der Waals surface area contributed by atoms with Crippen LogP contribution in [0.15, 0.2) is 11.1 Å².